The molecule has 4 aromatic carbocycles. The van der Waals surface area contributed by atoms with E-state index >= 15 is 0 Å². The molecule has 0 bridgehead atoms. The number of aromatic nitrogens is 1. The van der Waals surface area contributed by atoms with Gasteiger partial charge in [0.05, 0.1) is 5.69 Å². The first-order valence-electron chi connectivity index (χ1n) is 21.4. The first-order valence-corrected chi connectivity index (χ1v) is 16.9. The zero-order chi connectivity index (χ0) is 41.7. The SMILES string of the molecule is [2H]C([2H])([2H])c1cc(C2([2H])CC(C)(C)CC(C)(C)C2)ccc1-c1ccc(-c2cccc3c2oc2c(-c4cc(C([2H])([2H])C(C)(C)C)ccn4)cccc23)c(C([2H])([2H])[2H])c1. The van der Waals surface area contributed by atoms with Crippen molar-refractivity contribution in [1.82, 2.24) is 4.98 Å². The summed E-state index contributed by atoms with van der Waals surface area (Å²) in [6, 6.07) is 25.1. The van der Waals surface area contributed by atoms with E-state index in [0.717, 1.165) is 17.2 Å². The third-order valence-electron chi connectivity index (χ3n) is 9.47. The van der Waals surface area contributed by atoms with E-state index in [4.69, 9.17) is 15.4 Å². The van der Waals surface area contributed by atoms with Gasteiger partial charge in [0.15, 0.2) is 0 Å². The maximum Gasteiger partial charge on any atom is 0.144 e. The van der Waals surface area contributed by atoms with Crippen LogP contribution in [0.5, 0.6) is 0 Å². The van der Waals surface area contributed by atoms with Gasteiger partial charge in [-0.15, -0.1) is 0 Å². The standard InChI is InChI=1S/C46H51NO/c1-29-22-32(34-26-45(6,7)28-46(8,9)27-34)16-18-35(29)33-17-19-36(30(2)23-33)37-12-10-13-38-39-14-11-15-40(43(39)48-42(37)38)41-24-31(20-21-47-41)25-44(3,4)5/h10-24,34H,25-28H2,1-9H3/i1D3,2D3,25D2,34D. The van der Waals surface area contributed by atoms with Gasteiger partial charge in [-0.2, -0.15) is 0 Å². The highest BCUT2D eigenvalue weighted by Gasteiger charge is 2.39. The molecule has 1 aliphatic rings. The average Bonchev–Trinajstić information content (AvgIpc) is 3.48. The minimum atomic E-state index is -2.56. The highest BCUT2D eigenvalue weighted by molar-refractivity contribution is 6.13. The Labute approximate surface area is 300 Å². The molecule has 0 N–H and O–H groups in total. The number of fused-ring (bicyclic) bond motifs is 3. The summed E-state index contributed by atoms with van der Waals surface area (Å²) in [4.78, 5) is 4.61. The second kappa shape index (κ2) is 11.8. The van der Waals surface area contributed by atoms with Crippen molar-refractivity contribution in [3.63, 3.8) is 0 Å². The number of para-hydroxylation sites is 2. The quantitative estimate of drug-likeness (QED) is 0.187. The third-order valence-corrected chi connectivity index (χ3v) is 9.47. The van der Waals surface area contributed by atoms with Gasteiger partial charge in [-0.05, 0) is 119 Å². The van der Waals surface area contributed by atoms with Crippen molar-refractivity contribution in [2.24, 2.45) is 16.2 Å². The van der Waals surface area contributed by atoms with E-state index in [1.54, 1.807) is 48.7 Å². The lowest BCUT2D eigenvalue weighted by molar-refractivity contribution is 0.0969. The third kappa shape index (κ3) is 6.35. The predicted molar refractivity (Wildman–Crippen MR) is 205 cm³/mol. The molecule has 0 atom stereocenters. The average molecular weight is 643 g/mol. The van der Waals surface area contributed by atoms with Crippen LogP contribution in [0.1, 0.15) is 108 Å². The number of benzene rings is 4. The molecule has 6 aromatic rings. The largest absolute Gasteiger partial charge is 0.455 e. The molecular formula is C46H51NO. The summed E-state index contributed by atoms with van der Waals surface area (Å²) in [5.41, 5.74) is 4.64. The number of hydrogen-bond acceptors (Lipinski definition) is 2. The number of furan rings is 1. The molecule has 48 heavy (non-hydrogen) atoms. The van der Waals surface area contributed by atoms with E-state index in [2.05, 4.69) is 32.7 Å². The Bertz CT molecular complexity index is 2500. The van der Waals surface area contributed by atoms with Gasteiger partial charge >= 0.3 is 0 Å². The zero-order valence-electron chi connectivity index (χ0n) is 38.1. The van der Waals surface area contributed by atoms with Crippen LogP contribution in [0.4, 0.5) is 0 Å². The monoisotopic (exact) mass is 642 g/mol. The predicted octanol–water partition coefficient (Wildman–Crippen LogP) is 13.5. The maximum absolute atomic E-state index is 9.63. The molecule has 0 amide bonds. The Hall–Kier alpha value is -4.17. The summed E-state index contributed by atoms with van der Waals surface area (Å²) in [7, 11) is 0. The van der Waals surface area contributed by atoms with Gasteiger partial charge in [-0.1, -0.05) is 115 Å². The normalized spacial score (nSPS) is 20.8. The molecule has 0 spiro atoms. The topological polar surface area (TPSA) is 26.0 Å². The fourth-order valence-corrected chi connectivity index (χ4v) is 8.13. The van der Waals surface area contributed by atoms with Gasteiger partial charge in [-0.25, -0.2) is 0 Å². The van der Waals surface area contributed by atoms with E-state index in [9.17, 15) is 1.37 Å². The first kappa shape index (κ1) is 23.2. The molecule has 2 nitrogen and oxygen atoms in total. The molecule has 0 saturated heterocycles. The fourth-order valence-electron chi connectivity index (χ4n) is 8.13. The van der Waals surface area contributed by atoms with E-state index in [-0.39, 0.29) is 22.0 Å². The van der Waals surface area contributed by atoms with Crippen molar-refractivity contribution in [1.29, 1.82) is 0 Å². The number of aryl methyl sites for hydroxylation is 2. The fraction of sp³-hybridized carbons (Fsp3) is 0.370. The van der Waals surface area contributed by atoms with Crippen molar-refractivity contribution in [3.8, 4) is 33.5 Å². The van der Waals surface area contributed by atoms with Crippen LogP contribution < -0.4 is 0 Å². The van der Waals surface area contributed by atoms with Crippen molar-refractivity contribution in [3.05, 3.63) is 113 Å². The van der Waals surface area contributed by atoms with Crippen LogP contribution in [0, 0.1) is 29.9 Å². The van der Waals surface area contributed by atoms with Crippen molar-refractivity contribution >= 4 is 21.9 Å². The molecule has 1 aliphatic carbocycles. The second-order valence-electron chi connectivity index (χ2n) is 16.3. The summed E-state index contributed by atoms with van der Waals surface area (Å²) in [6.45, 7) is 9.20. The van der Waals surface area contributed by atoms with Gasteiger partial charge in [0.2, 0.25) is 0 Å². The van der Waals surface area contributed by atoms with Crippen LogP contribution >= 0.6 is 0 Å². The van der Waals surface area contributed by atoms with Gasteiger partial charge in [0.1, 0.15) is 11.2 Å². The van der Waals surface area contributed by atoms with Crippen LogP contribution in [-0.2, 0) is 6.37 Å². The van der Waals surface area contributed by atoms with Crippen molar-refractivity contribution in [2.45, 2.75) is 93.7 Å². The van der Waals surface area contributed by atoms with Crippen LogP contribution in [0.2, 0.25) is 0 Å². The molecule has 2 aromatic heterocycles. The molecular weight excluding hydrogens is 583 g/mol. The minimum absolute atomic E-state index is 0.0558. The summed E-state index contributed by atoms with van der Waals surface area (Å²) >= 11 is 0. The molecule has 1 saturated carbocycles. The summed E-state index contributed by atoms with van der Waals surface area (Å²) in [6.07, 6.45) is 2.16. The van der Waals surface area contributed by atoms with Crippen LogP contribution in [-0.4, -0.2) is 4.98 Å². The minimum Gasteiger partial charge on any atom is -0.455 e. The summed E-state index contributed by atoms with van der Waals surface area (Å²) in [5, 5.41) is 1.59. The summed E-state index contributed by atoms with van der Waals surface area (Å²) < 4.78 is 85.7. The van der Waals surface area contributed by atoms with Crippen molar-refractivity contribution < 1.29 is 16.8 Å². The Morgan fingerprint density at radius 3 is 2.10 bits per heavy atom. The van der Waals surface area contributed by atoms with E-state index in [1.165, 1.54) is 0 Å². The van der Waals surface area contributed by atoms with E-state index in [0.29, 0.717) is 68.6 Å². The molecule has 1 fully saturated rings. The Kier molecular flexibility index (Phi) is 5.69. The van der Waals surface area contributed by atoms with Crippen LogP contribution in [0.15, 0.2) is 95.5 Å². The van der Waals surface area contributed by atoms with Crippen molar-refractivity contribution in [2.75, 3.05) is 0 Å². The molecule has 7 rings (SSSR count). The zero-order valence-corrected chi connectivity index (χ0v) is 29.1. The van der Waals surface area contributed by atoms with E-state index < -0.39 is 31.4 Å². The van der Waals surface area contributed by atoms with Gasteiger partial charge in [-0.3, -0.25) is 4.98 Å². The molecule has 0 aliphatic heterocycles. The highest BCUT2D eigenvalue weighted by atomic mass is 16.3. The smallest absolute Gasteiger partial charge is 0.144 e. The Morgan fingerprint density at radius 1 is 0.771 bits per heavy atom. The van der Waals surface area contributed by atoms with Crippen LogP contribution in [0.3, 0.4) is 0 Å². The highest BCUT2D eigenvalue weighted by Crippen LogP contribution is 2.52. The number of hydrogen-bond donors (Lipinski definition) is 0. The number of nitrogens with zero attached hydrogens (tertiary/aromatic N) is 1. The lowest BCUT2D eigenvalue weighted by Crippen LogP contribution is -2.32. The molecule has 2 heterocycles. The first-order chi connectivity index (χ1) is 26.2. The maximum atomic E-state index is 9.63. The molecule has 2 heteroatoms. The Morgan fingerprint density at radius 2 is 1.42 bits per heavy atom. The van der Waals surface area contributed by atoms with Gasteiger partial charge in [0.25, 0.3) is 0 Å². The number of pyridine rings is 1. The Balaban J connectivity index is 1.36. The van der Waals surface area contributed by atoms with Gasteiger partial charge < -0.3 is 4.42 Å². The molecule has 0 radical (unpaired) electrons. The second-order valence-corrected chi connectivity index (χ2v) is 16.3. The van der Waals surface area contributed by atoms with E-state index in [1.807, 2.05) is 63.2 Å². The molecule has 246 valence electrons. The molecule has 0 unspecified atom stereocenters. The summed E-state index contributed by atoms with van der Waals surface area (Å²) in [5.74, 6) is -0.970. The van der Waals surface area contributed by atoms with Crippen LogP contribution in [0.25, 0.3) is 55.4 Å². The lowest BCUT2D eigenvalue weighted by Gasteiger charge is -2.45. The van der Waals surface area contributed by atoms with Gasteiger partial charge in [0, 0.05) is 40.4 Å². The number of rotatable bonds is 5. The lowest BCUT2D eigenvalue weighted by atomic mass is 9.60.